The number of nitrogens with two attached hydrogens (primary N) is 1. The highest BCUT2D eigenvalue weighted by Crippen LogP contribution is 2.49. The van der Waals surface area contributed by atoms with Crippen molar-refractivity contribution in [1.82, 2.24) is 28.3 Å². The number of amidine groups is 1. The third kappa shape index (κ3) is 7.98. The van der Waals surface area contributed by atoms with Gasteiger partial charge in [-0.25, -0.2) is 9.50 Å². The first kappa shape index (κ1) is 54.0. The number of aryl methyl sites for hydroxylation is 1. The molecule has 0 fully saturated rings. The van der Waals surface area contributed by atoms with E-state index in [4.69, 9.17) is 24.9 Å². The minimum absolute atomic E-state index is 0.463. The summed E-state index contributed by atoms with van der Waals surface area (Å²) in [5.74, 6) is 1.54. The third-order valence-corrected chi connectivity index (χ3v) is 21.7. The number of aliphatic imine (C=N–C) groups is 1. The lowest BCUT2D eigenvalue weighted by Crippen LogP contribution is -2.86. The highest BCUT2D eigenvalue weighted by molar-refractivity contribution is 7.26. The minimum Gasteiger partial charge on any atom is -0.455 e. The average Bonchev–Trinajstić information content (AvgIpc) is 1.55. The van der Waals surface area contributed by atoms with Gasteiger partial charge in [-0.05, 0) is 154 Å². The van der Waals surface area contributed by atoms with Crippen molar-refractivity contribution >= 4 is 168 Å². The standard InChI is InChI=1S/C82H53N9O2S2/c1-44(83)36-66-55-19-7-11-24-64(55)84-79(85-66)49-31-35-68(58(39-49)46(3)92)90-71-41-60-54-23-15-22-52(78(54)93-73(60)43-63(71)77-57-21-10-14-27-75(57)95-82(77)90)48-30-34-65-61(38-48)72-37-45(2)87-91(72)80(86-65)47-28-32-51(33-29-47)89-70-40-59-53-18-8-12-25-67(53)88(50-16-5-4-6-17-50)69(59)42-62(70)76-56-20-9-13-26-74(56)94-81(76)89/h4-43,46,83,92H,1-3H3,(H,84,85)/p+1. The summed E-state index contributed by atoms with van der Waals surface area (Å²) < 4.78 is 18.8. The zero-order valence-electron chi connectivity index (χ0n) is 51.6. The normalized spacial score (nSPS) is 13.7. The maximum absolute atomic E-state index is 11.8. The molecule has 0 saturated carbocycles. The van der Waals surface area contributed by atoms with Gasteiger partial charge in [-0.15, -0.1) is 22.7 Å². The summed E-state index contributed by atoms with van der Waals surface area (Å²) in [6, 6.07) is 84.6. The Morgan fingerprint density at radius 2 is 1.16 bits per heavy atom. The fourth-order valence-corrected chi connectivity index (χ4v) is 17.7. The summed E-state index contributed by atoms with van der Waals surface area (Å²) in [5, 5.41) is 39.9. The molecule has 0 amide bonds. The molecule has 0 radical (unpaired) electrons. The van der Waals surface area contributed by atoms with Crippen LogP contribution in [-0.2, 0) is 0 Å². The van der Waals surface area contributed by atoms with Gasteiger partial charge in [0.25, 0.3) is 0 Å². The van der Waals surface area contributed by atoms with Crippen molar-refractivity contribution < 1.29 is 14.8 Å². The zero-order valence-corrected chi connectivity index (χ0v) is 53.2. The van der Waals surface area contributed by atoms with E-state index in [0.29, 0.717) is 5.71 Å². The SMILES string of the molecule is CC(=N)C=C1[NH2+]C(c2ccc(-n3c4cc5c(cc4c4c6ccccc6sc43)oc3c(-c4ccc6nc(-c7ccc(-n8c9cc%10c%11ccccc%11n(-c%11ccccc%11)c%10cc9c9c%10ccccc%10sc98)cc7)n7nc(C)cc7c6c4)cccc35)c(C(C)O)c2)=Nc2ccccc21. The van der Waals surface area contributed by atoms with Gasteiger partial charge in [0.15, 0.2) is 5.82 Å². The first-order valence-electron chi connectivity index (χ1n) is 31.9. The summed E-state index contributed by atoms with van der Waals surface area (Å²) in [5.41, 5.74) is 19.9. The van der Waals surface area contributed by atoms with E-state index in [9.17, 15) is 5.11 Å². The second-order valence-corrected chi connectivity index (χ2v) is 27.2. The van der Waals surface area contributed by atoms with Crippen LogP contribution in [0.2, 0.25) is 0 Å². The number of para-hydroxylation sites is 4. The Labute approximate surface area is 549 Å². The Bertz CT molecular complexity index is 6640. The maximum atomic E-state index is 11.8. The summed E-state index contributed by atoms with van der Waals surface area (Å²) in [7, 11) is 0. The van der Waals surface area contributed by atoms with Gasteiger partial charge in [-0.3, -0.25) is 5.32 Å². The molecule has 9 heterocycles. The molecular formula is C82H54N9O2S2+. The van der Waals surface area contributed by atoms with E-state index >= 15 is 0 Å². The van der Waals surface area contributed by atoms with Crippen molar-refractivity contribution in [3.05, 3.63) is 265 Å². The van der Waals surface area contributed by atoms with Crippen LogP contribution in [-0.4, -0.2) is 45.0 Å². The molecule has 1 atom stereocenters. The van der Waals surface area contributed by atoms with Crippen molar-refractivity contribution in [1.29, 1.82) is 5.41 Å². The highest BCUT2D eigenvalue weighted by atomic mass is 32.1. The van der Waals surface area contributed by atoms with Crippen molar-refractivity contribution in [2.75, 3.05) is 0 Å². The number of hydrogen-bond acceptors (Lipinski definition) is 8. The Morgan fingerprint density at radius 3 is 1.95 bits per heavy atom. The largest absolute Gasteiger partial charge is 0.455 e. The molecule has 13 heteroatoms. The average molecular weight is 1260 g/mol. The predicted molar refractivity (Wildman–Crippen MR) is 394 cm³/mol. The second kappa shape index (κ2) is 20.2. The number of nitrogens with zero attached hydrogens (tertiary/aromatic N) is 7. The fourth-order valence-electron chi connectivity index (χ4n) is 15.2. The molecule has 20 rings (SSSR count). The van der Waals surface area contributed by atoms with Crippen LogP contribution in [0.4, 0.5) is 5.69 Å². The number of furan rings is 1. The number of aromatic nitrogens is 6. The molecule has 1 aliphatic rings. The number of fused-ring (bicyclic) bond motifs is 20. The van der Waals surface area contributed by atoms with Crippen LogP contribution in [0.3, 0.4) is 0 Å². The molecule has 19 aromatic rings. The van der Waals surface area contributed by atoms with E-state index in [2.05, 4.69) is 226 Å². The number of thiophene rings is 2. The molecule has 0 saturated heterocycles. The Kier molecular flexibility index (Phi) is 11.5. The summed E-state index contributed by atoms with van der Waals surface area (Å²) in [6.07, 6.45) is 1.08. The first-order chi connectivity index (χ1) is 46.6. The van der Waals surface area contributed by atoms with E-state index in [1.165, 1.54) is 63.1 Å². The van der Waals surface area contributed by atoms with Gasteiger partial charge in [0.05, 0.1) is 67.4 Å². The summed E-state index contributed by atoms with van der Waals surface area (Å²) >= 11 is 3.60. The number of rotatable bonds is 8. The number of aliphatic hydroxyl groups is 1. The van der Waals surface area contributed by atoms with Gasteiger partial charge in [-0.1, -0.05) is 109 Å². The molecule has 0 aliphatic carbocycles. The quantitative estimate of drug-likeness (QED) is 0.131. The van der Waals surface area contributed by atoms with Crippen molar-refractivity contribution in [3.63, 3.8) is 0 Å². The number of nitrogens with one attached hydrogen (secondary N) is 1. The van der Waals surface area contributed by atoms with E-state index in [-0.39, 0.29) is 0 Å². The molecule has 4 N–H and O–H groups in total. The van der Waals surface area contributed by atoms with Gasteiger partial charge >= 0.3 is 0 Å². The molecule has 8 aromatic heterocycles. The van der Waals surface area contributed by atoms with Crippen LogP contribution in [0.1, 0.15) is 42.3 Å². The van der Waals surface area contributed by atoms with Crippen LogP contribution in [0.25, 0.3) is 168 Å². The lowest BCUT2D eigenvalue weighted by molar-refractivity contribution is -0.433. The Balaban J connectivity index is 0.699. The van der Waals surface area contributed by atoms with Crippen molar-refractivity contribution in [3.8, 4) is 39.6 Å². The lowest BCUT2D eigenvalue weighted by Gasteiger charge is -2.19. The number of aliphatic hydroxyl groups excluding tert-OH is 1. The van der Waals surface area contributed by atoms with E-state index in [0.717, 1.165) is 139 Å². The topological polar surface area (TPSA) is 131 Å². The van der Waals surface area contributed by atoms with Crippen LogP contribution in [0.5, 0.6) is 0 Å². The van der Waals surface area contributed by atoms with Gasteiger partial charge in [-0.2, -0.15) is 10.1 Å². The Hall–Kier alpha value is -11.6. The maximum Gasteiger partial charge on any atom is 0.237 e. The van der Waals surface area contributed by atoms with E-state index in [1.54, 1.807) is 18.3 Å². The monoisotopic (exact) mass is 1260 g/mol. The first-order valence-corrected chi connectivity index (χ1v) is 33.6. The molecule has 0 bridgehead atoms. The molecule has 11 nitrogen and oxygen atoms in total. The predicted octanol–water partition coefficient (Wildman–Crippen LogP) is 20.2. The van der Waals surface area contributed by atoms with Crippen molar-refractivity contribution in [2.45, 2.75) is 26.9 Å². The second-order valence-electron chi connectivity index (χ2n) is 25.1. The molecule has 1 unspecified atom stereocenters. The number of allylic oxidation sites excluding steroid dienone is 1. The van der Waals surface area contributed by atoms with Crippen LogP contribution >= 0.6 is 22.7 Å². The fraction of sp³-hybridized carbons (Fsp3) is 0.0488. The third-order valence-electron chi connectivity index (χ3n) is 19.4. The Morgan fingerprint density at radius 1 is 0.526 bits per heavy atom. The molecule has 95 heavy (non-hydrogen) atoms. The number of benzene rings is 11. The smallest absolute Gasteiger partial charge is 0.237 e. The van der Waals surface area contributed by atoms with Crippen molar-refractivity contribution in [2.24, 2.45) is 4.99 Å². The van der Waals surface area contributed by atoms with E-state index < -0.39 is 6.10 Å². The summed E-state index contributed by atoms with van der Waals surface area (Å²) in [6.45, 7) is 5.67. The lowest BCUT2D eigenvalue weighted by atomic mass is 10.00. The number of hydrogen-bond donors (Lipinski definition) is 3. The molecule has 450 valence electrons. The van der Waals surface area contributed by atoms with Gasteiger partial charge in [0.2, 0.25) is 5.84 Å². The molecule has 11 aromatic carbocycles. The number of quaternary nitrogens is 1. The molecular weight excluding hydrogens is 1210 g/mol. The molecule has 1 aliphatic heterocycles. The van der Waals surface area contributed by atoms with Crippen LogP contribution < -0.4 is 5.32 Å². The van der Waals surface area contributed by atoms with Gasteiger partial charge < -0.3 is 28.6 Å². The van der Waals surface area contributed by atoms with E-state index in [1.807, 2.05) is 65.4 Å². The van der Waals surface area contributed by atoms with Crippen LogP contribution in [0, 0.1) is 12.3 Å². The van der Waals surface area contributed by atoms with Gasteiger partial charge in [0, 0.05) is 109 Å². The van der Waals surface area contributed by atoms with Crippen LogP contribution in [0.15, 0.2) is 252 Å². The molecule has 0 spiro atoms. The minimum atomic E-state index is -0.808. The highest BCUT2D eigenvalue weighted by Gasteiger charge is 2.29. The van der Waals surface area contributed by atoms with Gasteiger partial charge in [0.1, 0.15) is 26.5 Å². The summed E-state index contributed by atoms with van der Waals surface area (Å²) in [4.78, 5) is 12.9. The zero-order chi connectivity index (χ0) is 63.1.